The molecule has 1 saturated heterocycles. The molecule has 0 bridgehead atoms. The van der Waals surface area contributed by atoms with Gasteiger partial charge in [0.25, 0.3) is 0 Å². The third-order valence-electron chi connectivity index (χ3n) is 4.17. The van der Waals surface area contributed by atoms with Crippen molar-refractivity contribution in [2.24, 2.45) is 0 Å². The van der Waals surface area contributed by atoms with Crippen LogP contribution in [0.3, 0.4) is 0 Å². The molecular formula is C18H27N3O4. The lowest BCUT2D eigenvalue weighted by Gasteiger charge is -2.26. The third-order valence-corrected chi connectivity index (χ3v) is 4.17. The van der Waals surface area contributed by atoms with E-state index >= 15 is 0 Å². The van der Waals surface area contributed by atoms with Crippen molar-refractivity contribution in [3.05, 3.63) is 29.8 Å². The first-order valence-electron chi connectivity index (χ1n) is 8.53. The number of morpholine rings is 1. The molecule has 1 aliphatic rings. The molecule has 1 aromatic carbocycles. The van der Waals surface area contributed by atoms with Crippen molar-refractivity contribution in [1.82, 2.24) is 15.1 Å². The Morgan fingerprint density at radius 3 is 2.52 bits per heavy atom. The fourth-order valence-electron chi connectivity index (χ4n) is 2.64. The van der Waals surface area contributed by atoms with E-state index in [0.717, 1.165) is 44.2 Å². The first kappa shape index (κ1) is 19.2. The molecular weight excluding hydrogens is 322 g/mol. The normalized spacial score (nSPS) is 14.8. The summed E-state index contributed by atoms with van der Waals surface area (Å²) in [6.45, 7) is 6.59. The number of nitrogens with one attached hydrogen (secondary N) is 1. The highest BCUT2D eigenvalue weighted by Crippen LogP contribution is 2.13. The highest BCUT2D eigenvalue weighted by atomic mass is 16.5. The van der Waals surface area contributed by atoms with Crippen LogP contribution in [0.5, 0.6) is 5.75 Å². The average Bonchev–Trinajstić information content (AvgIpc) is 2.62. The minimum Gasteiger partial charge on any atom is -0.497 e. The lowest BCUT2D eigenvalue weighted by molar-refractivity contribution is -0.134. The molecule has 1 aliphatic heterocycles. The number of benzene rings is 1. The molecule has 25 heavy (non-hydrogen) atoms. The predicted molar refractivity (Wildman–Crippen MR) is 94.4 cm³/mol. The van der Waals surface area contributed by atoms with Gasteiger partial charge in [0.05, 0.1) is 26.9 Å². The van der Waals surface area contributed by atoms with Crippen LogP contribution in [0.15, 0.2) is 24.3 Å². The lowest BCUT2D eigenvalue weighted by Crippen LogP contribution is -2.44. The second-order valence-electron chi connectivity index (χ2n) is 6.03. The van der Waals surface area contributed by atoms with Crippen LogP contribution in [-0.2, 0) is 20.9 Å². The number of carbonyl (C=O) groups is 2. The number of hydrogen-bond donors (Lipinski definition) is 1. The van der Waals surface area contributed by atoms with E-state index in [4.69, 9.17) is 9.47 Å². The summed E-state index contributed by atoms with van der Waals surface area (Å²) in [7, 11) is 1.61. The summed E-state index contributed by atoms with van der Waals surface area (Å²) in [5, 5.41) is 2.88. The van der Waals surface area contributed by atoms with Crippen LogP contribution < -0.4 is 10.1 Å². The quantitative estimate of drug-likeness (QED) is 0.740. The molecule has 7 heteroatoms. The van der Waals surface area contributed by atoms with Crippen molar-refractivity contribution < 1.29 is 19.1 Å². The molecule has 1 aromatic rings. The molecule has 1 heterocycles. The maximum absolute atomic E-state index is 12.1. The monoisotopic (exact) mass is 349 g/mol. The second kappa shape index (κ2) is 10.0. The first-order chi connectivity index (χ1) is 12.1. The van der Waals surface area contributed by atoms with Crippen LogP contribution in [0.25, 0.3) is 0 Å². The molecule has 0 aromatic heterocycles. The summed E-state index contributed by atoms with van der Waals surface area (Å²) < 4.78 is 10.4. The van der Waals surface area contributed by atoms with E-state index in [2.05, 4.69) is 10.2 Å². The van der Waals surface area contributed by atoms with Gasteiger partial charge in [-0.05, 0) is 17.7 Å². The molecule has 0 aliphatic carbocycles. The van der Waals surface area contributed by atoms with E-state index < -0.39 is 0 Å². The Bertz CT molecular complexity index is 556. The number of methoxy groups -OCH3 is 1. The van der Waals surface area contributed by atoms with Crippen LogP contribution in [0, 0.1) is 0 Å². The standard InChI is InChI=1S/C18H27N3O4/c1-15(22)21(13-16-3-5-17(24-2)6-4-16)14-18(23)19-7-8-20-9-11-25-12-10-20/h3-6H,7-14H2,1-2H3,(H,19,23). The molecule has 1 fully saturated rings. The van der Waals surface area contributed by atoms with Crippen LogP contribution >= 0.6 is 0 Å². The fraction of sp³-hybridized carbons (Fsp3) is 0.556. The maximum Gasteiger partial charge on any atom is 0.239 e. The SMILES string of the molecule is COc1ccc(CN(CC(=O)NCCN2CCOCC2)C(C)=O)cc1. The highest BCUT2D eigenvalue weighted by molar-refractivity contribution is 5.83. The zero-order chi connectivity index (χ0) is 18.1. The Labute approximate surface area is 148 Å². The molecule has 0 atom stereocenters. The smallest absolute Gasteiger partial charge is 0.239 e. The Kier molecular flexibility index (Phi) is 7.69. The minimum absolute atomic E-state index is 0.0600. The van der Waals surface area contributed by atoms with Crippen LogP contribution in [0.4, 0.5) is 0 Å². The summed E-state index contributed by atoms with van der Waals surface area (Å²) in [4.78, 5) is 27.7. The molecule has 2 amide bonds. The van der Waals surface area contributed by atoms with Crippen LogP contribution in [0.1, 0.15) is 12.5 Å². The number of nitrogens with zero attached hydrogens (tertiary/aromatic N) is 2. The van der Waals surface area contributed by atoms with E-state index in [1.165, 1.54) is 11.8 Å². The van der Waals surface area contributed by atoms with Crippen molar-refractivity contribution >= 4 is 11.8 Å². The minimum atomic E-state index is -0.142. The van der Waals surface area contributed by atoms with Gasteiger partial charge in [-0.2, -0.15) is 0 Å². The average molecular weight is 349 g/mol. The summed E-state index contributed by atoms with van der Waals surface area (Å²) >= 11 is 0. The number of amides is 2. The molecule has 2 rings (SSSR count). The summed E-state index contributed by atoms with van der Waals surface area (Å²) in [5.74, 6) is 0.495. The van der Waals surface area contributed by atoms with Crippen LogP contribution in [-0.4, -0.2) is 74.7 Å². The Morgan fingerprint density at radius 2 is 1.92 bits per heavy atom. The maximum atomic E-state index is 12.1. The predicted octanol–water partition coefficient (Wildman–Crippen LogP) is 0.492. The molecule has 0 spiro atoms. The van der Waals surface area contributed by atoms with Crippen molar-refractivity contribution in [2.45, 2.75) is 13.5 Å². The fourth-order valence-corrected chi connectivity index (χ4v) is 2.64. The summed E-state index contributed by atoms with van der Waals surface area (Å²) in [6, 6.07) is 7.47. The van der Waals surface area contributed by atoms with E-state index in [9.17, 15) is 9.59 Å². The number of ether oxygens (including phenoxy) is 2. The van der Waals surface area contributed by atoms with Gasteiger partial charge in [0, 0.05) is 39.6 Å². The molecule has 0 unspecified atom stereocenters. The van der Waals surface area contributed by atoms with Gasteiger partial charge in [-0.25, -0.2) is 0 Å². The molecule has 0 saturated carbocycles. The van der Waals surface area contributed by atoms with E-state index in [-0.39, 0.29) is 18.4 Å². The lowest BCUT2D eigenvalue weighted by atomic mass is 10.2. The molecule has 7 nitrogen and oxygen atoms in total. The van der Waals surface area contributed by atoms with Crippen molar-refractivity contribution in [1.29, 1.82) is 0 Å². The van der Waals surface area contributed by atoms with Gasteiger partial charge in [-0.1, -0.05) is 12.1 Å². The van der Waals surface area contributed by atoms with Crippen molar-refractivity contribution in [3.8, 4) is 5.75 Å². The summed E-state index contributed by atoms with van der Waals surface area (Å²) in [5.41, 5.74) is 0.956. The Morgan fingerprint density at radius 1 is 1.24 bits per heavy atom. The zero-order valence-corrected chi connectivity index (χ0v) is 15.0. The topological polar surface area (TPSA) is 71.1 Å². The Balaban J connectivity index is 1.76. The van der Waals surface area contributed by atoms with Crippen molar-refractivity contribution in [3.63, 3.8) is 0 Å². The van der Waals surface area contributed by atoms with Gasteiger partial charge in [-0.3, -0.25) is 14.5 Å². The Hall–Kier alpha value is -2.12. The van der Waals surface area contributed by atoms with Crippen LogP contribution in [0.2, 0.25) is 0 Å². The largest absolute Gasteiger partial charge is 0.497 e. The van der Waals surface area contributed by atoms with Gasteiger partial charge in [0.15, 0.2) is 0 Å². The van der Waals surface area contributed by atoms with Gasteiger partial charge in [-0.15, -0.1) is 0 Å². The van der Waals surface area contributed by atoms with E-state index in [1.54, 1.807) is 7.11 Å². The molecule has 0 radical (unpaired) electrons. The van der Waals surface area contributed by atoms with Gasteiger partial charge in [0.2, 0.25) is 11.8 Å². The molecule has 138 valence electrons. The highest BCUT2D eigenvalue weighted by Gasteiger charge is 2.15. The second-order valence-corrected chi connectivity index (χ2v) is 6.03. The van der Waals surface area contributed by atoms with E-state index in [0.29, 0.717) is 13.1 Å². The van der Waals surface area contributed by atoms with E-state index in [1.807, 2.05) is 24.3 Å². The van der Waals surface area contributed by atoms with Gasteiger partial charge >= 0.3 is 0 Å². The summed E-state index contributed by atoms with van der Waals surface area (Å²) in [6.07, 6.45) is 0. The van der Waals surface area contributed by atoms with Gasteiger partial charge < -0.3 is 19.7 Å². The third kappa shape index (κ3) is 6.72. The first-order valence-corrected chi connectivity index (χ1v) is 8.53. The number of carbonyl (C=O) groups excluding carboxylic acids is 2. The number of hydrogen-bond acceptors (Lipinski definition) is 5. The van der Waals surface area contributed by atoms with Crippen molar-refractivity contribution in [2.75, 3.05) is 53.0 Å². The van der Waals surface area contributed by atoms with Gasteiger partial charge in [0.1, 0.15) is 5.75 Å². The zero-order valence-electron chi connectivity index (χ0n) is 15.0. The molecule has 1 N–H and O–H groups in total. The number of rotatable bonds is 8.